The van der Waals surface area contributed by atoms with Crippen LogP contribution in [0.5, 0.6) is 0 Å². The Bertz CT molecular complexity index is 1470. The molecular formula is C77H140O6. The average Bonchev–Trinajstić information content (AvgIpc) is 3.50. The van der Waals surface area contributed by atoms with Gasteiger partial charge in [-0.05, 0) is 83.5 Å². The molecule has 0 heterocycles. The fourth-order valence-electron chi connectivity index (χ4n) is 11.0. The van der Waals surface area contributed by atoms with Gasteiger partial charge in [0.25, 0.3) is 0 Å². The minimum atomic E-state index is -0.781. The Balaban J connectivity index is 4.29. The van der Waals surface area contributed by atoms with Crippen LogP contribution in [0.3, 0.4) is 0 Å². The van der Waals surface area contributed by atoms with E-state index in [0.29, 0.717) is 19.3 Å². The van der Waals surface area contributed by atoms with Gasteiger partial charge in [0.15, 0.2) is 6.10 Å². The van der Waals surface area contributed by atoms with Gasteiger partial charge < -0.3 is 14.2 Å². The highest BCUT2D eigenvalue weighted by atomic mass is 16.6. The lowest BCUT2D eigenvalue weighted by Crippen LogP contribution is -2.30. The summed E-state index contributed by atoms with van der Waals surface area (Å²) in [6, 6.07) is 0. The number of hydrogen-bond acceptors (Lipinski definition) is 6. The van der Waals surface area contributed by atoms with E-state index >= 15 is 0 Å². The number of ether oxygens (including phenoxy) is 3. The van der Waals surface area contributed by atoms with Crippen molar-refractivity contribution < 1.29 is 28.6 Å². The predicted octanol–water partition coefficient (Wildman–Crippen LogP) is 25.5. The zero-order valence-electron chi connectivity index (χ0n) is 55.7. The van der Waals surface area contributed by atoms with E-state index < -0.39 is 6.10 Å². The fourth-order valence-corrected chi connectivity index (χ4v) is 11.0. The van der Waals surface area contributed by atoms with Crippen molar-refractivity contribution >= 4 is 17.9 Å². The molecular weight excluding hydrogens is 1020 g/mol. The molecule has 0 spiro atoms. The topological polar surface area (TPSA) is 78.9 Å². The summed E-state index contributed by atoms with van der Waals surface area (Å²) in [5.74, 6) is -0.861. The molecule has 0 aromatic rings. The lowest BCUT2D eigenvalue weighted by atomic mass is 10.0. The van der Waals surface area contributed by atoms with E-state index in [1.54, 1.807) is 0 Å². The van der Waals surface area contributed by atoms with Crippen molar-refractivity contribution in [1.82, 2.24) is 0 Å². The Morgan fingerprint density at radius 3 is 0.747 bits per heavy atom. The summed E-state index contributed by atoms with van der Waals surface area (Å²) in [7, 11) is 0. The van der Waals surface area contributed by atoms with E-state index in [-0.39, 0.29) is 31.1 Å². The number of hydrogen-bond donors (Lipinski definition) is 0. The van der Waals surface area contributed by atoms with E-state index in [4.69, 9.17) is 14.2 Å². The van der Waals surface area contributed by atoms with Crippen LogP contribution in [0.15, 0.2) is 60.8 Å². The Morgan fingerprint density at radius 1 is 0.253 bits per heavy atom. The highest BCUT2D eigenvalue weighted by Gasteiger charge is 2.19. The highest BCUT2D eigenvalue weighted by molar-refractivity contribution is 5.71. The summed E-state index contributed by atoms with van der Waals surface area (Å²) < 4.78 is 17.0. The molecule has 0 fully saturated rings. The number of carbonyl (C=O) groups is 3. The molecule has 6 heteroatoms. The average molecular weight is 1160 g/mol. The molecule has 0 aliphatic heterocycles. The molecule has 0 rings (SSSR count). The smallest absolute Gasteiger partial charge is 0.306 e. The maximum atomic E-state index is 13.0. The molecule has 484 valence electrons. The molecule has 0 aromatic heterocycles. The zero-order valence-corrected chi connectivity index (χ0v) is 55.7. The van der Waals surface area contributed by atoms with Crippen molar-refractivity contribution in [2.24, 2.45) is 0 Å². The maximum absolute atomic E-state index is 13.0. The first-order valence-electron chi connectivity index (χ1n) is 36.8. The van der Waals surface area contributed by atoms with Gasteiger partial charge in [-0.15, -0.1) is 0 Å². The predicted molar refractivity (Wildman–Crippen MR) is 362 cm³/mol. The molecule has 0 saturated carbocycles. The van der Waals surface area contributed by atoms with E-state index in [2.05, 4.69) is 81.5 Å². The van der Waals surface area contributed by atoms with E-state index in [1.807, 2.05) is 0 Å². The summed E-state index contributed by atoms with van der Waals surface area (Å²) >= 11 is 0. The Kier molecular flexibility index (Phi) is 69.1. The molecule has 1 unspecified atom stereocenters. The lowest BCUT2D eigenvalue weighted by Gasteiger charge is -2.18. The standard InChI is InChI=1S/C77H140O6/c1-4-7-10-13-16-19-22-25-28-31-33-35-36-37-38-39-40-42-43-46-49-52-55-58-61-64-67-70-76(79)82-73-74(72-81-75(78)69-66-63-60-57-54-51-48-45-30-27-24-21-18-15-12-9-6-3)83-77(80)71-68-65-62-59-56-53-50-47-44-41-34-32-29-26-23-20-17-14-11-8-5-2/h8,11,17,20,26-27,29-30,34,41,74H,4-7,9-10,12-16,18-19,21-25,28,31-33,35-40,42-73H2,1-3H3/b11-8-,20-17-,29-26-,30-27-,41-34-. The van der Waals surface area contributed by atoms with Crippen LogP contribution in [0.4, 0.5) is 0 Å². The van der Waals surface area contributed by atoms with Crippen LogP contribution < -0.4 is 0 Å². The van der Waals surface area contributed by atoms with Crippen LogP contribution in [-0.4, -0.2) is 37.2 Å². The Labute approximate surface area is 517 Å². The van der Waals surface area contributed by atoms with Gasteiger partial charge in [-0.25, -0.2) is 0 Å². The molecule has 0 N–H and O–H groups in total. The summed E-state index contributed by atoms with van der Waals surface area (Å²) in [6.45, 7) is 6.59. The van der Waals surface area contributed by atoms with Gasteiger partial charge in [0.2, 0.25) is 0 Å². The van der Waals surface area contributed by atoms with E-state index in [0.717, 1.165) is 89.9 Å². The molecule has 0 aromatic carbocycles. The normalized spacial score (nSPS) is 12.4. The molecule has 0 aliphatic carbocycles. The van der Waals surface area contributed by atoms with Gasteiger partial charge in [0.05, 0.1) is 0 Å². The number of rotatable bonds is 68. The quantitative estimate of drug-likeness (QED) is 0.0261. The first kappa shape index (κ1) is 80.1. The number of unbranched alkanes of at least 4 members (excludes halogenated alkanes) is 47. The van der Waals surface area contributed by atoms with E-state index in [1.165, 1.54) is 263 Å². The van der Waals surface area contributed by atoms with Crippen molar-refractivity contribution in [2.75, 3.05) is 13.2 Å². The Morgan fingerprint density at radius 2 is 0.470 bits per heavy atom. The summed E-state index contributed by atoms with van der Waals surface area (Å²) in [5, 5.41) is 0. The monoisotopic (exact) mass is 1160 g/mol. The summed E-state index contributed by atoms with van der Waals surface area (Å²) in [6.07, 6.45) is 92.6. The molecule has 1 atom stereocenters. The van der Waals surface area contributed by atoms with Crippen LogP contribution in [-0.2, 0) is 28.6 Å². The molecule has 6 nitrogen and oxygen atoms in total. The SMILES string of the molecule is CC/C=C\C/C=C\C/C=C\C/C=C\CCCCCCCCCCC(=O)OC(COC(=O)CCCCCCCCC/C=C\CCCCCCCC)COC(=O)CCCCCCCCCCCCCCCCCCCCCCCCCCCCC. The van der Waals surface area contributed by atoms with Crippen molar-refractivity contribution in [3.8, 4) is 0 Å². The van der Waals surface area contributed by atoms with Crippen LogP contribution >= 0.6 is 0 Å². The molecule has 0 aliphatic rings. The zero-order chi connectivity index (χ0) is 59.9. The van der Waals surface area contributed by atoms with Gasteiger partial charge >= 0.3 is 17.9 Å². The van der Waals surface area contributed by atoms with Crippen LogP contribution in [0.1, 0.15) is 393 Å². The van der Waals surface area contributed by atoms with Gasteiger partial charge in [0, 0.05) is 19.3 Å². The van der Waals surface area contributed by atoms with Gasteiger partial charge in [0.1, 0.15) is 13.2 Å². The highest BCUT2D eigenvalue weighted by Crippen LogP contribution is 2.19. The van der Waals surface area contributed by atoms with Crippen LogP contribution in [0.2, 0.25) is 0 Å². The molecule has 0 saturated heterocycles. The molecule has 0 bridgehead atoms. The third-order valence-electron chi connectivity index (χ3n) is 16.5. The van der Waals surface area contributed by atoms with Gasteiger partial charge in [-0.3, -0.25) is 14.4 Å². The number of carbonyl (C=O) groups excluding carboxylic acids is 3. The minimum absolute atomic E-state index is 0.0748. The molecule has 0 radical (unpaired) electrons. The summed E-state index contributed by atoms with van der Waals surface area (Å²) in [5.41, 5.74) is 0. The van der Waals surface area contributed by atoms with Crippen molar-refractivity contribution in [3.05, 3.63) is 60.8 Å². The van der Waals surface area contributed by atoms with Gasteiger partial charge in [-0.2, -0.15) is 0 Å². The fraction of sp³-hybridized carbons (Fsp3) is 0.831. The van der Waals surface area contributed by atoms with Crippen LogP contribution in [0, 0.1) is 0 Å². The largest absolute Gasteiger partial charge is 0.462 e. The van der Waals surface area contributed by atoms with Crippen molar-refractivity contribution in [3.63, 3.8) is 0 Å². The third-order valence-corrected chi connectivity index (χ3v) is 16.5. The molecule has 0 amide bonds. The van der Waals surface area contributed by atoms with Gasteiger partial charge in [-0.1, -0.05) is 351 Å². The maximum Gasteiger partial charge on any atom is 0.306 e. The first-order valence-corrected chi connectivity index (χ1v) is 36.8. The molecule has 83 heavy (non-hydrogen) atoms. The third kappa shape index (κ3) is 69.8. The number of esters is 3. The van der Waals surface area contributed by atoms with Crippen molar-refractivity contribution in [2.45, 2.75) is 399 Å². The Hall–Kier alpha value is -2.89. The van der Waals surface area contributed by atoms with Crippen LogP contribution in [0.25, 0.3) is 0 Å². The summed E-state index contributed by atoms with van der Waals surface area (Å²) in [4.78, 5) is 38.5. The second-order valence-corrected chi connectivity index (χ2v) is 24.8. The lowest BCUT2D eigenvalue weighted by molar-refractivity contribution is -0.167. The second-order valence-electron chi connectivity index (χ2n) is 24.8. The van der Waals surface area contributed by atoms with Crippen molar-refractivity contribution in [1.29, 1.82) is 0 Å². The number of allylic oxidation sites excluding steroid dienone is 10. The minimum Gasteiger partial charge on any atom is -0.462 e. The second kappa shape index (κ2) is 71.6. The first-order chi connectivity index (χ1) is 41.0. The van der Waals surface area contributed by atoms with E-state index in [9.17, 15) is 14.4 Å².